The van der Waals surface area contributed by atoms with Crippen LogP contribution in [0.3, 0.4) is 0 Å². The molecule has 0 radical (unpaired) electrons. The Morgan fingerprint density at radius 3 is 2.75 bits per heavy atom. The van der Waals surface area contributed by atoms with E-state index in [-0.39, 0.29) is 0 Å². The van der Waals surface area contributed by atoms with E-state index in [2.05, 4.69) is 31.1 Å². The van der Waals surface area contributed by atoms with Crippen LogP contribution < -0.4 is 5.32 Å². The highest BCUT2D eigenvalue weighted by Crippen LogP contribution is 2.24. The molecule has 1 atom stereocenters. The van der Waals surface area contributed by atoms with Crippen molar-refractivity contribution in [1.29, 1.82) is 5.26 Å². The Hall–Kier alpha value is -1.27. The number of rotatable bonds is 4. The normalized spacial score (nSPS) is 12.2. The molecule has 0 aliphatic carbocycles. The minimum atomic E-state index is 0.291. The van der Waals surface area contributed by atoms with Crippen LogP contribution in [0.5, 0.6) is 0 Å². The molecule has 1 N–H and O–H groups in total. The van der Waals surface area contributed by atoms with Gasteiger partial charge in [0.2, 0.25) is 0 Å². The summed E-state index contributed by atoms with van der Waals surface area (Å²) in [5.74, 6) is 1.20. The molecular weight excluding hydrogens is 222 g/mol. The number of nitriles is 1. The minimum Gasteiger partial charge on any atom is -0.366 e. The van der Waals surface area contributed by atoms with Crippen molar-refractivity contribution in [2.75, 3.05) is 5.32 Å². The van der Waals surface area contributed by atoms with Crippen molar-refractivity contribution in [3.8, 4) is 6.07 Å². The van der Waals surface area contributed by atoms with Crippen molar-refractivity contribution in [2.45, 2.75) is 33.2 Å². The highest BCUT2D eigenvalue weighted by atomic mass is 35.5. The van der Waals surface area contributed by atoms with E-state index in [1.165, 1.54) is 0 Å². The van der Waals surface area contributed by atoms with Crippen LogP contribution in [-0.2, 0) is 0 Å². The maximum absolute atomic E-state index is 8.83. The fourth-order valence-electron chi connectivity index (χ4n) is 1.63. The van der Waals surface area contributed by atoms with Crippen LogP contribution in [0.1, 0.15) is 32.8 Å². The van der Waals surface area contributed by atoms with E-state index < -0.39 is 0 Å². The number of nitrogens with zero attached hydrogens (tertiary/aromatic N) is 2. The van der Waals surface area contributed by atoms with E-state index in [1.807, 2.05) is 6.07 Å². The highest BCUT2D eigenvalue weighted by Gasteiger charge is 2.10. The average Bonchev–Trinajstić information content (AvgIpc) is 2.20. The summed E-state index contributed by atoms with van der Waals surface area (Å²) in [6, 6.07) is 3.94. The Balaban J connectivity index is 2.78. The first-order valence-electron chi connectivity index (χ1n) is 5.35. The number of halogens is 1. The molecule has 4 heteroatoms. The van der Waals surface area contributed by atoms with Gasteiger partial charge in [-0.25, -0.2) is 4.98 Å². The van der Waals surface area contributed by atoms with Gasteiger partial charge in [0.15, 0.2) is 0 Å². The van der Waals surface area contributed by atoms with Gasteiger partial charge < -0.3 is 5.32 Å². The number of hydrogen-bond acceptors (Lipinski definition) is 3. The predicted molar refractivity (Wildman–Crippen MR) is 66.5 cm³/mol. The largest absolute Gasteiger partial charge is 0.366 e. The van der Waals surface area contributed by atoms with Gasteiger partial charge in [-0.3, -0.25) is 0 Å². The van der Waals surface area contributed by atoms with Crippen LogP contribution in [0.25, 0.3) is 0 Å². The van der Waals surface area contributed by atoms with Crippen molar-refractivity contribution in [2.24, 2.45) is 5.92 Å². The molecule has 1 unspecified atom stereocenters. The highest BCUT2D eigenvalue weighted by molar-refractivity contribution is 6.34. The summed E-state index contributed by atoms with van der Waals surface area (Å²) in [6.07, 6.45) is 2.63. The SMILES string of the molecule is CC(C)CC(C)Nc1nccc(C#N)c1Cl. The molecule has 0 amide bonds. The zero-order chi connectivity index (χ0) is 12.1. The smallest absolute Gasteiger partial charge is 0.146 e. The summed E-state index contributed by atoms with van der Waals surface area (Å²) < 4.78 is 0. The molecule has 0 bridgehead atoms. The summed E-state index contributed by atoms with van der Waals surface area (Å²) in [5, 5.41) is 12.5. The van der Waals surface area contributed by atoms with Crippen LogP contribution >= 0.6 is 11.6 Å². The van der Waals surface area contributed by atoms with Gasteiger partial charge in [0, 0.05) is 12.2 Å². The third-order valence-corrected chi connectivity index (χ3v) is 2.60. The number of aromatic nitrogens is 1. The molecule has 0 saturated carbocycles. The Labute approximate surface area is 101 Å². The molecule has 1 rings (SSSR count). The van der Waals surface area contributed by atoms with Crippen LogP contribution in [0.15, 0.2) is 12.3 Å². The zero-order valence-electron chi connectivity index (χ0n) is 9.79. The van der Waals surface area contributed by atoms with E-state index in [9.17, 15) is 0 Å². The van der Waals surface area contributed by atoms with Gasteiger partial charge >= 0.3 is 0 Å². The lowest BCUT2D eigenvalue weighted by atomic mass is 10.1. The number of pyridine rings is 1. The van der Waals surface area contributed by atoms with Crippen LogP contribution in [-0.4, -0.2) is 11.0 Å². The van der Waals surface area contributed by atoms with E-state index in [4.69, 9.17) is 16.9 Å². The van der Waals surface area contributed by atoms with Crippen molar-refractivity contribution in [3.63, 3.8) is 0 Å². The maximum Gasteiger partial charge on any atom is 0.146 e. The molecule has 1 aromatic heterocycles. The predicted octanol–water partition coefficient (Wildman–Crippen LogP) is 3.45. The lowest BCUT2D eigenvalue weighted by Crippen LogP contribution is -2.18. The van der Waals surface area contributed by atoms with Gasteiger partial charge in [-0.1, -0.05) is 25.4 Å². The summed E-state index contributed by atoms with van der Waals surface area (Å²) in [6.45, 7) is 6.41. The first-order valence-corrected chi connectivity index (χ1v) is 5.73. The number of anilines is 1. The van der Waals surface area contributed by atoms with Gasteiger partial charge in [-0.15, -0.1) is 0 Å². The van der Waals surface area contributed by atoms with E-state index in [0.717, 1.165) is 6.42 Å². The molecule has 86 valence electrons. The van der Waals surface area contributed by atoms with Crippen LogP contribution in [0.4, 0.5) is 5.82 Å². The molecule has 3 nitrogen and oxygen atoms in total. The van der Waals surface area contributed by atoms with Gasteiger partial charge in [0.1, 0.15) is 16.9 Å². The summed E-state index contributed by atoms with van der Waals surface area (Å²) in [4.78, 5) is 4.14. The third-order valence-electron chi connectivity index (χ3n) is 2.22. The second kappa shape index (κ2) is 5.72. The first kappa shape index (κ1) is 12.8. The minimum absolute atomic E-state index is 0.291. The molecule has 16 heavy (non-hydrogen) atoms. The Morgan fingerprint density at radius 1 is 1.50 bits per heavy atom. The fraction of sp³-hybridized carbons (Fsp3) is 0.500. The molecule has 0 aromatic carbocycles. The van der Waals surface area contributed by atoms with Gasteiger partial charge in [-0.05, 0) is 25.3 Å². The first-order chi connectivity index (χ1) is 7.54. The lowest BCUT2D eigenvalue weighted by molar-refractivity contribution is 0.539. The van der Waals surface area contributed by atoms with Gasteiger partial charge in [-0.2, -0.15) is 5.26 Å². The van der Waals surface area contributed by atoms with E-state index >= 15 is 0 Å². The molecule has 1 heterocycles. The Kier molecular flexibility index (Phi) is 4.57. The molecule has 0 aliphatic heterocycles. The summed E-state index contributed by atoms with van der Waals surface area (Å²) in [5.41, 5.74) is 0.455. The summed E-state index contributed by atoms with van der Waals surface area (Å²) in [7, 11) is 0. The second-order valence-corrected chi connectivity index (χ2v) is 4.69. The van der Waals surface area contributed by atoms with E-state index in [0.29, 0.717) is 28.4 Å². The molecule has 0 spiro atoms. The van der Waals surface area contributed by atoms with Crippen LogP contribution in [0, 0.1) is 17.2 Å². The van der Waals surface area contributed by atoms with Gasteiger partial charge in [0.05, 0.1) is 5.56 Å². The monoisotopic (exact) mass is 237 g/mol. The Bertz CT molecular complexity index is 396. The average molecular weight is 238 g/mol. The van der Waals surface area contributed by atoms with Crippen LogP contribution in [0.2, 0.25) is 5.02 Å². The molecule has 1 aromatic rings. The zero-order valence-corrected chi connectivity index (χ0v) is 10.5. The molecule has 0 fully saturated rings. The van der Waals surface area contributed by atoms with Gasteiger partial charge in [0.25, 0.3) is 0 Å². The lowest BCUT2D eigenvalue weighted by Gasteiger charge is -2.17. The van der Waals surface area contributed by atoms with Crippen molar-refractivity contribution in [3.05, 3.63) is 22.8 Å². The maximum atomic E-state index is 8.83. The molecule has 0 aliphatic rings. The van der Waals surface area contributed by atoms with Crippen molar-refractivity contribution in [1.82, 2.24) is 4.98 Å². The molecular formula is C12H16ClN3. The quantitative estimate of drug-likeness (QED) is 0.873. The van der Waals surface area contributed by atoms with Crippen molar-refractivity contribution >= 4 is 17.4 Å². The standard InChI is InChI=1S/C12H16ClN3/c1-8(2)6-9(3)16-12-11(13)10(7-14)4-5-15-12/h4-5,8-9H,6H2,1-3H3,(H,15,16). The molecule has 0 saturated heterocycles. The number of nitrogens with one attached hydrogen (secondary N) is 1. The summed E-state index contributed by atoms with van der Waals surface area (Å²) >= 11 is 6.04. The fourth-order valence-corrected chi connectivity index (χ4v) is 1.84. The number of hydrogen-bond donors (Lipinski definition) is 1. The van der Waals surface area contributed by atoms with E-state index in [1.54, 1.807) is 12.3 Å². The van der Waals surface area contributed by atoms with Crippen molar-refractivity contribution < 1.29 is 0 Å². The Morgan fingerprint density at radius 2 is 2.19 bits per heavy atom. The third kappa shape index (κ3) is 3.39. The topological polar surface area (TPSA) is 48.7 Å². The second-order valence-electron chi connectivity index (χ2n) is 4.31.